The molecule has 302 valence electrons. The molecule has 8 rings (SSSR count). The number of anilines is 2. The number of sulfonamides is 1. The molecule has 6 aromatic rings. The fourth-order valence-corrected chi connectivity index (χ4v) is 9.97. The number of nitrogens with one attached hydrogen (secondary N) is 3. The molecule has 5 aromatic carbocycles. The monoisotopic (exact) mass is 829 g/mol. The molecule has 0 unspecified atom stereocenters. The number of hydroxylamine groups is 1. The molecule has 3 N–H and O–H groups in total. The number of ether oxygens (including phenoxy) is 1. The van der Waals surface area contributed by atoms with Gasteiger partial charge in [-0.1, -0.05) is 89.2 Å². The van der Waals surface area contributed by atoms with E-state index in [2.05, 4.69) is 62.3 Å². The number of hydrogen-bond acceptors (Lipinski definition) is 11. The Bertz CT molecular complexity index is 2870. The first-order valence-corrected chi connectivity index (χ1v) is 21.2. The Balaban J connectivity index is 1.37. The second-order valence-corrected chi connectivity index (χ2v) is 18.8. The molecular formula is C45H43N5O7S2. The number of aryl methyl sites for hydroxylation is 1. The zero-order valence-electron chi connectivity index (χ0n) is 33.6. The van der Waals surface area contributed by atoms with Crippen molar-refractivity contribution < 1.29 is 27.3 Å². The molecular weight excluding hydrogens is 787 g/mol. The van der Waals surface area contributed by atoms with Gasteiger partial charge in [0.2, 0.25) is 0 Å². The van der Waals surface area contributed by atoms with Crippen LogP contribution in [0.4, 0.5) is 17.1 Å². The van der Waals surface area contributed by atoms with Gasteiger partial charge in [-0.25, -0.2) is 13.4 Å². The number of fused-ring (bicyclic) bond motifs is 3. The summed E-state index contributed by atoms with van der Waals surface area (Å²) in [6.07, 6.45) is 0.970. The molecule has 59 heavy (non-hydrogen) atoms. The highest BCUT2D eigenvalue weighted by atomic mass is 32.2. The van der Waals surface area contributed by atoms with Crippen molar-refractivity contribution in [2.24, 2.45) is 17.5 Å². The van der Waals surface area contributed by atoms with Crippen molar-refractivity contribution in [1.29, 1.82) is 0 Å². The SMILES string of the molecule is CNOOSc1ccc2c(c1)S(=O)(=O)NC(c1c3c4c(c(Nc5ccccc5)cc(Oc5ccc(C(C)(C)CC(C)(C)C)cc5)c4n(C)c1=O)C(=O)c1ccccc1-3)=N2. The summed E-state index contributed by atoms with van der Waals surface area (Å²) < 4.78 is 43.6. The third-order valence-corrected chi connectivity index (χ3v) is 12.3. The number of ketones is 1. The average molecular weight is 830 g/mol. The lowest BCUT2D eigenvalue weighted by Gasteiger charge is -2.33. The zero-order valence-corrected chi connectivity index (χ0v) is 35.2. The van der Waals surface area contributed by atoms with Crippen molar-refractivity contribution in [2.75, 3.05) is 12.4 Å². The van der Waals surface area contributed by atoms with Gasteiger partial charge in [0.15, 0.2) is 17.4 Å². The predicted octanol–water partition coefficient (Wildman–Crippen LogP) is 9.46. The molecule has 2 aliphatic rings. The third kappa shape index (κ3) is 7.54. The van der Waals surface area contributed by atoms with E-state index in [9.17, 15) is 18.0 Å². The Morgan fingerprint density at radius 1 is 0.831 bits per heavy atom. The summed E-state index contributed by atoms with van der Waals surface area (Å²) in [4.78, 5) is 39.4. The molecule has 0 atom stereocenters. The first kappa shape index (κ1) is 40.0. The lowest BCUT2D eigenvalue weighted by molar-refractivity contribution is -0.237. The molecule has 0 saturated heterocycles. The van der Waals surface area contributed by atoms with Crippen molar-refractivity contribution >= 4 is 61.6 Å². The van der Waals surface area contributed by atoms with Crippen LogP contribution in [0.5, 0.6) is 11.5 Å². The van der Waals surface area contributed by atoms with Crippen LogP contribution in [0.25, 0.3) is 22.0 Å². The predicted molar refractivity (Wildman–Crippen MR) is 231 cm³/mol. The summed E-state index contributed by atoms with van der Waals surface area (Å²) in [5.41, 5.74) is 6.07. The van der Waals surface area contributed by atoms with Crippen LogP contribution in [-0.4, -0.2) is 31.7 Å². The van der Waals surface area contributed by atoms with E-state index in [1.54, 1.807) is 43.4 Å². The number of carbonyl (C=O) groups is 1. The van der Waals surface area contributed by atoms with Gasteiger partial charge in [0, 0.05) is 47.3 Å². The van der Waals surface area contributed by atoms with Gasteiger partial charge >= 0.3 is 0 Å². The summed E-state index contributed by atoms with van der Waals surface area (Å²) in [7, 11) is -1.16. The maximum atomic E-state index is 14.9. The molecule has 14 heteroatoms. The molecule has 0 radical (unpaired) electrons. The van der Waals surface area contributed by atoms with Crippen LogP contribution < -0.4 is 25.8 Å². The van der Waals surface area contributed by atoms with E-state index >= 15 is 0 Å². The number of amidine groups is 1. The first-order chi connectivity index (χ1) is 28.1. The molecule has 1 aromatic heterocycles. The van der Waals surface area contributed by atoms with E-state index in [-0.39, 0.29) is 38.6 Å². The maximum absolute atomic E-state index is 14.9. The van der Waals surface area contributed by atoms with Gasteiger partial charge in [0.1, 0.15) is 10.6 Å². The van der Waals surface area contributed by atoms with E-state index in [0.29, 0.717) is 55.2 Å². The molecule has 0 bridgehead atoms. The van der Waals surface area contributed by atoms with Crippen LogP contribution in [0.2, 0.25) is 0 Å². The fraction of sp³-hybridized carbons (Fsp3) is 0.222. The highest BCUT2D eigenvalue weighted by molar-refractivity contribution is 7.94. The number of benzene rings is 5. The van der Waals surface area contributed by atoms with Gasteiger partial charge in [-0.05, 0) is 70.8 Å². The lowest BCUT2D eigenvalue weighted by atomic mass is 9.72. The van der Waals surface area contributed by atoms with Crippen LogP contribution >= 0.6 is 12.0 Å². The molecule has 1 aliphatic heterocycles. The zero-order chi connectivity index (χ0) is 41.9. The fourth-order valence-electron chi connectivity index (χ4n) is 8.24. The smallest absolute Gasteiger partial charge is 0.265 e. The van der Waals surface area contributed by atoms with E-state index < -0.39 is 15.6 Å². The van der Waals surface area contributed by atoms with Crippen LogP contribution in [0, 0.1) is 5.41 Å². The van der Waals surface area contributed by atoms with E-state index in [0.717, 1.165) is 29.7 Å². The number of rotatable bonds is 11. The normalized spacial score (nSPS) is 14.3. The number of para-hydroxylation sites is 1. The number of aromatic nitrogens is 1. The van der Waals surface area contributed by atoms with Crippen LogP contribution in [-0.2, 0) is 31.8 Å². The van der Waals surface area contributed by atoms with Crippen molar-refractivity contribution in [2.45, 2.75) is 56.2 Å². The Hall–Kier alpha value is -5.77. The largest absolute Gasteiger partial charge is 0.455 e. The quantitative estimate of drug-likeness (QED) is 0.0498. The average Bonchev–Trinajstić information content (AvgIpc) is 3.18. The number of hydrogen-bond donors (Lipinski definition) is 3. The summed E-state index contributed by atoms with van der Waals surface area (Å²) >= 11 is 0.808. The number of carbonyl (C=O) groups excluding carboxylic acids is 1. The van der Waals surface area contributed by atoms with Crippen molar-refractivity contribution in [3.8, 4) is 22.6 Å². The minimum Gasteiger partial charge on any atom is -0.455 e. The third-order valence-electron chi connectivity index (χ3n) is 10.3. The molecule has 1 aliphatic carbocycles. The maximum Gasteiger partial charge on any atom is 0.265 e. The summed E-state index contributed by atoms with van der Waals surface area (Å²) in [6, 6.07) is 30.7. The van der Waals surface area contributed by atoms with E-state index in [4.69, 9.17) is 19.1 Å². The van der Waals surface area contributed by atoms with Crippen molar-refractivity contribution in [1.82, 2.24) is 14.8 Å². The van der Waals surface area contributed by atoms with Crippen LogP contribution in [0.1, 0.15) is 68.1 Å². The van der Waals surface area contributed by atoms with Crippen LogP contribution in [0.15, 0.2) is 123 Å². The molecule has 0 saturated carbocycles. The van der Waals surface area contributed by atoms with Crippen molar-refractivity contribution in [3.63, 3.8) is 0 Å². The molecule has 0 amide bonds. The standard InChI is InChI=1S/C45H43N5O7S2/c1-44(2,3)25-45(4,5)26-17-19-28(20-18-26)55-34-24-33(47-27-13-9-8-10-14-27)37-38-36(30-15-11-12-16-31(30)41(37)51)39(43(52)50(7)40(34)38)42-48-32-22-21-29(58-57-56-46-6)23-35(32)59(53,54)49-42/h8-24,46-47H,25H2,1-7H3,(H,48,49). The van der Waals surface area contributed by atoms with E-state index in [1.807, 2.05) is 42.5 Å². The second-order valence-electron chi connectivity index (χ2n) is 16.4. The Morgan fingerprint density at radius 3 is 2.22 bits per heavy atom. The highest BCUT2D eigenvalue weighted by Gasteiger charge is 2.37. The molecule has 2 heterocycles. The molecule has 12 nitrogen and oxygen atoms in total. The lowest BCUT2D eigenvalue weighted by Crippen LogP contribution is -2.39. The minimum atomic E-state index is -4.26. The first-order valence-electron chi connectivity index (χ1n) is 19.0. The van der Waals surface area contributed by atoms with Crippen LogP contribution in [0.3, 0.4) is 0 Å². The molecule has 0 spiro atoms. The summed E-state index contributed by atoms with van der Waals surface area (Å²) in [5, 5.41) is 3.85. The van der Waals surface area contributed by atoms with Gasteiger partial charge < -0.3 is 14.6 Å². The minimum absolute atomic E-state index is 0.0205. The Morgan fingerprint density at radius 2 is 1.53 bits per heavy atom. The summed E-state index contributed by atoms with van der Waals surface area (Å²) in [6.45, 7) is 11.1. The van der Waals surface area contributed by atoms with Gasteiger partial charge in [-0.15, -0.1) is 9.32 Å². The number of aliphatic imine (C=N–C) groups is 1. The Labute approximate surface area is 346 Å². The van der Waals surface area contributed by atoms with Gasteiger partial charge in [0.25, 0.3) is 15.6 Å². The molecule has 0 fully saturated rings. The van der Waals surface area contributed by atoms with Crippen molar-refractivity contribution in [3.05, 3.63) is 136 Å². The number of pyridine rings is 1. The number of nitrogens with zero attached hydrogens (tertiary/aromatic N) is 2. The second kappa shape index (κ2) is 15.1. The van der Waals surface area contributed by atoms with Gasteiger partial charge in [-0.2, -0.15) is 5.48 Å². The summed E-state index contributed by atoms with van der Waals surface area (Å²) in [5.74, 6) is 0.388. The topological polar surface area (TPSA) is 149 Å². The van der Waals surface area contributed by atoms with E-state index in [1.165, 1.54) is 23.7 Å². The Kier molecular flexibility index (Phi) is 10.3. The van der Waals surface area contributed by atoms with Gasteiger partial charge in [-0.3, -0.25) is 14.3 Å². The highest BCUT2D eigenvalue weighted by Crippen LogP contribution is 2.48. The van der Waals surface area contributed by atoms with Gasteiger partial charge in [0.05, 0.1) is 40.1 Å².